The van der Waals surface area contributed by atoms with E-state index in [2.05, 4.69) is 15.5 Å². The third-order valence-corrected chi connectivity index (χ3v) is 3.64. The van der Waals surface area contributed by atoms with Gasteiger partial charge in [0.2, 0.25) is 5.89 Å². The minimum absolute atomic E-state index is 0.0151. The molecule has 0 aliphatic rings. The molecule has 1 aromatic heterocycles. The van der Waals surface area contributed by atoms with Crippen LogP contribution in [0.2, 0.25) is 0 Å². The van der Waals surface area contributed by atoms with Gasteiger partial charge < -0.3 is 18.6 Å². The van der Waals surface area contributed by atoms with Gasteiger partial charge in [-0.3, -0.25) is 10.1 Å². The second kappa shape index (κ2) is 7.56. The zero-order valence-electron chi connectivity index (χ0n) is 14.5. The van der Waals surface area contributed by atoms with Gasteiger partial charge in [0, 0.05) is 11.6 Å². The van der Waals surface area contributed by atoms with E-state index in [1.807, 2.05) is 0 Å². The summed E-state index contributed by atoms with van der Waals surface area (Å²) in [6, 6.07) is 12.0. The van der Waals surface area contributed by atoms with Crippen LogP contribution < -0.4 is 19.5 Å². The summed E-state index contributed by atoms with van der Waals surface area (Å²) in [4.78, 5) is 12.4. The number of rotatable bonds is 6. The average molecular weight is 355 g/mol. The third-order valence-electron chi connectivity index (χ3n) is 3.64. The summed E-state index contributed by atoms with van der Waals surface area (Å²) >= 11 is 0. The van der Waals surface area contributed by atoms with E-state index in [1.54, 1.807) is 49.6 Å². The van der Waals surface area contributed by atoms with Gasteiger partial charge in [0.25, 0.3) is 5.91 Å². The number of methoxy groups -OCH3 is 3. The van der Waals surface area contributed by atoms with Gasteiger partial charge in [0.15, 0.2) is 0 Å². The molecule has 3 rings (SSSR count). The molecule has 3 aromatic rings. The van der Waals surface area contributed by atoms with E-state index in [-0.39, 0.29) is 11.9 Å². The zero-order valence-corrected chi connectivity index (χ0v) is 14.5. The largest absolute Gasteiger partial charge is 0.497 e. The highest BCUT2D eigenvalue weighted by atomic mass is 16.5. The lowest BCUT2D eigenvalue weighted by Crippen LogP contribution is -2.13. The van der Waals surface area contributed by atoms with Crippen LogP contribution in [0.4, 0.5) is 6.01 Å². The lowest BCUT2D eigenvalue weighted by Gasteiger charge is -2.09. The van der Waals surface area contributed by atoms with E-state index in [4.69, 9.17) is 18.6 Å². The number of nitrogens with zero attached hydrogens (tertiary/aromatic N) is 2. The monoisotopic (exact) mass is 355 g/mol. The second-order valence-electron chi connectivity index (χ2n) is 5.16. The van der Waals surface area contributed by atoms with Crippen molar-refractivity contribution in [1.29, 1.82) is 0 Å². The van der Waals surface area contributed by atoms with E-state index in [0.29, 0.717) is 28.4 Å². The maximum atomic E-state index is 12.4. The summed E-state index contributed by atoms with van der Waals surface area (Å²) in [7, 11) is 4.59. The van der Waals surface area contributed by atoms with Gasteiger partial charge in [0.05, 0.1) is 26.9 Å². The van der Waals surface area contributed by atoms with Crippen molar-refractivity contribution in [2.75, 3.05) is 26.6 Å². The van der Waals surface area contributed by atoms with Crippen LogP contribution >= 0.6 is 0 Å². The maximum absolute atomic E-state index is 12.4. The average Bonchev–Trinajstić information content (AvgIpc) is 3.15. The van der Waals surface area contributed by atoms with Gasteiger partial charge >= 0.3 is 6.01 Å². The molecular weight excluding hydrogens is 338 g/mol. The molecule has 134 valence electrons. The van der Waals surface area contributed by atoms with E-state index < -0.39 is 5.91 Å². The minimum Gasteiger partial charge on any atom is -0.497 e. The van der Waals surface area contributed by atoms with Gasteiger partial charge in [-0.15, -0.1) is 5.10 Å². The fourth-order valence-corrected chi connectivity index (χ4v) is 2.27. The summed E-state index contributed by atoms with van der Waals surface area (Å²) < 4.78 is 20.9. The Morgan fingerprint density at radius 2 is 1.62 bits per heavy atom. The van der Waals surface area contributed by atoms with E-state index in [0.717, 1.165) is 0 Å². The summed E-state index contributed by atoms with van der Waals surface area (Å²) in [5.41, 5.74) is 1.03. The lowest BCUT2D eigenvalue weighted by atomic mass is 10.2. The van der Waals surface area contributed by atoms with Crippen molar-refractivity contribution in [1.82, 2.24) is 10.2 Å². The molecule has 26 heavy (non-hydrogen) atoms. The number of benzene rings is 2. The van der Waals surface area contributed by atoms with Crippen LogP contribution in [-0.4, -0.2) is 37.4 Å². The normalized spacial score (nSPS) is 10.3. The van der Waals surface area contributed by atoms with Crippen LogP contribution in [0.3, 0.4) is 0 Å². The highest BCUT2D eigenvalue weighted by Crippen LogP contribution is 2.26. The van der Waals surface area contributed by atoms with E-state index in [1.165, 1.54) is 14.2 Å². The Bertz CT molecular complexity index is 905. The number of hydrogen-bond acceptors (Lipinski definition) is 7. The van der Waals surface area contributed by atoms with Gasteiger partial charge in [-0.2, -0.15) is 0 Å². The molecule has 0 atom stereocenters. The summed E-state index contributed by atoms with van der Waals surface area (Å²) in [5, 5.41) is 10.3. The molecule has 0 unspecified atom stereocenters. The fourth-order valence-electron chi connectivity index (χ4n) is 2.27. The van der Waals surface area contributed by atoms with Crippen molar-refractivity contribution >= 4 is 11.9 Å². The molecule has 1 amide bonds. The molecular formula is C18H17N3O5. The predicted molar refractivity (Wildman–Crippen MR) is 93.8 cm³/mol. The summed E-state index contributed by atoms with van der Waals surface area (Å²) in [5.74, 6) is 1.52. The molecule has 0 saturated heterocycles. The van der Waals surface area contributed by atoms with Gasteiger partial charge in [-0.25, -0.2) is 0 Å². The fraction of sp³-hybridized carbons (Fsp3) is 0.167. The first-order valence-electron chi connectivity index (χ1n) is 7.66. The highest BCUT2D eigenvalue weighted by molar-refractivity contribution is 6.05. The Labute approximate surface area is 149 Å². The molecule has 0 radical (unpaired) electrons. The number of ether oxygens (including phenoxy) is 3. The molecule has 0 aliphatic heterocycles. The van der Waals surface area contributed by atoms with Crippen LogP contribution in [-0.2, 0) is 0 Å². The zero-order chi connectivity index (χ0) is 18.5. The molecule has 0 saturated carbocycles. The number of amides is 1. The summed E-state index contributed by atoms with van der Waals surface area (Å²) in [6.07, 6.45) is 0. The Morgan fingerprint density at radius 3 is 2.27 bits per heavy atom. The molecule has 1 heterocycles. The minimum atomic E-state index is -0.436. The second-order valence-corrected chi connectivity index (χ2v) is 5.16. The Morgan fingerprint density at radius 1 is 0.923 bits per heavy atom. The highest BCUT2D eigenvalue weighted by Gasteiger charge is 2.17. The van der Waals surface area contributed by atoms with Crippen LogP contribution in [0.15, 0.2) is 46.9 Å². The predicted octanol–water partition coefficient (Wildman–Crippen LogP) is 3.01. The Hall–Kier alpha value is -3.55. The molecule has 0 fully saturated rings. The first kappa shape index (κ1) is 17.3. The SMILES string of the molecule is COc1ccc(-c2nnc(NC(=O)c3ccc(OC)cc3OC)o2)cc1. The standard InChI is InChI=1S/C18H17N3O5/c1-23-12-6-4-11(5-7-12)17-20-21-18(26-17)19-16(22)14-9-8-13(24-2)10-15(14)25-3/h4-10H,1-3H3,(H,19,21,22). The smallest absolute Gasteiger partial charge is 0.322 e. The number of carbonyl (C=O) groups is 1. The lowest BCUT2D eigenvalue weighted by molar-refractivity contribution is 0.102. The topological polar surface area (TPSA) is 95.7 Å². The Kier molecular flexibility index (Phi) is 5.02. The molecule has 1 N–H and O–H groups in total. The van der Waals surface area contributed by atoms with Gasteiger partial charge in [-0.1, -0.05) is 5.10 Å². The number of hydrogen-bond donors (Lipinski definition) is 1. The quantitative estimate of drug-likeness (QED) is 0.726. The number of nitrogens with one attached hydrogen (secondary N) is 1. The molecule has 8 heteroatoms. The van der Waals surface area contributed by atoms with Crippen molar-refractivity contribution in [3.05, 3.63) is 48.0 Å². The van der Waals surface area contributed by atoms with Crippen LogP contribution in [0, 0.1) is 0 Å². The van der Waals surface area contributed by atoms with Crippen molar-refractivity contribution in [2.45, 2.75) is 0 Å². The number of anilines is 1. The first-order valence-corrected chi connectivity index (χ1v) is 7.66. The number of aromatic nitrogens is 2. The summed E-state index contributed by atoms with van der Waals surface area (Å²) in [6.45, 7) is 0. The number of carbonyl (C=O) groups excluding carboxylic acids is 1. The van der Waals surface area contributed by atoms with E-state index in [9.17, 15) is 4.79 Å². The van der Waals surface area contributed by atoms with Crippen molar-refractivity contribution in [2.24, 2.45) is 0 Å². The molecule has 0 bridgehead atoms. The maximum Gasteiger partial charge on any atom is 0.322 e. The molecule has 2 aromatic carbocycles. The van der Waals surface area contributed by atoms with Crippen LogP contribution in [0.1, 0.15) is 10.4 Å². The third kappa shape index (κ3) is 3.59. The molecule has 0 aliphatic carbocycles. The van der Waals surface area contributed by atoms with E-state index >= 15 is 0 Å². The van der Waals surface area contributed by atoms with Crippen molar-refractivity contribution in [3.63, 3.8) is 0 Å². The molecule has 0 spiro atoms. The van der Waals surface area contributed by atoms with Crippen molar-refractivity contribution < 1.29 is 23.4 Å². The Balaban J connectivity index is 1.77. The van der Waals surface area contributed by atoms with Gasteiger partial charge in [-0.05, 0) is 36.4 Å². The van der Waals surface area contributed by atoms with Crippen LogP contribution in [0.25, 0.3) is 11.5 Å². The first-order chi connectivity index (χ1) is 12.6. The van der Waals surface area contributed by atoms with Crippen molar-refractivity contribution in [3.8, 4) is 28.7 Å². The van der Waals surface area contributed by atoms with Crippen LogP contribution in [0.5, 0.6) is 17.2 Å². The van der Waals surface area contributed by atoms with Gasteiger partial charge in [0.1, 0.15) is 17.2 Å². The molecule has 8 nitrogen and oxygen atoms in total.